The van der Waals surface area contributed by atoms with Crippen LogP contribution in [0, 0.1) is 0 Å². The molecule has 0 aliphatic heterocycles. The van der Waals surface area contributed by atoms with Crippen molar-refractivity contribution in [1.29, 1.82) is 0 Å². The van der Waals surface area contributed by atoms with E-state index in [0.29, 0.717) is 0 Å². The SMILES string of the molecule is CC(C)(C)c1cc(-c2ccnc3c(-c4cccc(-c5cc(C(C)(C)C)cc6sc(-c7cc(C(C)(C)C)ccc7O)nc56)c4)cc(C(C)(C)C)cc23)cc(C(C)(C)C)c1. The summed E-state index contributed by atoms with van der Waals surface area (Å²) in [5.74, 6) is 0.254. The molecular formula is C54H62N2OS. The van der Waals surface area contributed by atoms with E-state index in [1.165, 1.54) is 44.3 Å². The topological polar surface area (TPSA) is 46.0 Å². The summed E-state index contributed by atoms with van der Waals surface area (Å²) in [4.78, 5) is 10.4. The van der Waals surface area contributed by atoms with Crippen LogP contribution in [-0.2, 0) is 27.1 Å². The number of pyridine rings is 1. The molecule has 2 aromatic heterocycles. The third-order valence-electron chi connectivity index (χ3n) is 11.6. The van der Waals surface area contributed by atoms with E-state index < -0.39 is 0 Å². The number of hydrogen-bond acceptors (Lipinski definition) is 4. The van der Waals surface area contributed by atoms with Gasteiger partial charge in [0.25, 0.3) is 0 Å². The fourth-order valence-electron chi connectivity index (χ4n) is 7.63. The van der Waals surface area contributed by atoms with Crippen LogP contribution >= 0.6 is 11.3 Å². The van der Waals surface area contributed by atoms with Crippen LogP contribution < -0.4 is 0 Å². The van der Waals surface area contributed by atoms with Gasteiger partial charge < -0.3 is 5.11 Å². The molecule has 0 saturated carbocycles. The minimum absolute atomic E-state index is 0.00560. The zero-order chi connectivity index (χ0) is 42.3. The van der Waals surface area contributed by atoms with Crippen LogP contribution in [-0.4, -0.2) is 15.1 Å². The Kier molecular flexibility index (Phi) is 10.1. The highest BCUT2D eigenvalue weighted by atomic mass is 32.1. The van der Waals surface area contributed by atoms with Crippen molar-refractivity contribution in [2.24, 2.45) is 0 Å². The molecule has 0 aliphatic carbocycles. The lowest BCUT2D eigenvalue weighted by Crippen LogP contribution is -2.16. The van der Waals surface area contributed by atoms with Gasteiger partial charge in [0, 0.05) is 22.7 Å². The van der Waals surface area contributed by atoms with Gasteiger partial charge in [0.1, 0.15) is 10.8 Å². The van der Waals surface area contributed by atoms with Gasteiger partial charge in [-0.2, -0.15) is 0 Å². The normalized spacial score (nSPS) is 13.2. The van der Waals surface area contributed by atoms with E-state index in [9.17, 15) is 5.11 Å². The maximum atomic E-state index is 11.1. The monoisotopic (exact) mass is 786 g/mol. The Hall–Kier alpha value is -4.80. The first kappa shape index (κ1) is 41.4. The molecule has 4 heteroatoms. The Balaban J connectivity index is 1.46. The van der Waals surface area contributed by atoms with Gasteiger partial charge in [-0.25, -0.2) is 4.98 Å². The van der Waals surface area contributed by atoms with Crippen molar-refractivity contribution >= 4 is 32.5 Å². The van der Waals surface area contributed by atoms with Crippen LogP contribution in [0.2, 0.25) is 0 Å². The molecule has 300 valence electrons. The number of rotatable bonds is 4. The van der Waals surface area contributed by atoms with E-state index in [4.69, 9.17) is 9.97 Å². The van der Waals surface area contributed by atoms with Crippen LogP contribution in [0.4, 0.5) is 0 Å². The second-order valence-electron chi connectivity index (χ2n) is 21.5. The molecule has 5 aromatic carbocycles. The zero-order valence-corrected chi connectivity index (χ0v) is 38.3. The molecule has 0 saturated heterocycles. The minimum atomic E-state index is -0.0858. The summed E-state index contributed by atoms with van der Waals surface area (Å²) < 4.78 is 1.11. The molecule has 0 radical (unpaired) electrons. The molecule has 7 rings (SSSR count). The van der Waals surface area contributed by atoms with Crippen molar-refractivity contribution in [1.82, 2.24) is 9.97 Å². The molecule has 0 fully saturated rings. The summed E-state index contributed by atoms with van der Waals surface area (Å²) in [6.45, 7) is 34.1. The van der Waals surface area contributed by atoms with Crippen molar-refractivity contribution in [3.05, 3.63) is 125 Å². The summed E-state index contributed by atoms with van der Waals surface area (Å²) in [6.07, 6.45) is 1.99. The first-order chi connectivity index (χ1) is 26.8. The van der Waals surface area contributed by atoms with Gasteiger partial charge in [0.15, 0.2) is 0 Å². The summed E-state index contributed by atoms with van der Waals surface area (Å²) in [6, 6.07) is 33.6. The second-order valence-corrected chi connectivity index (χ2v) is 22.6. The van der Waals surface area contributed by atoms with Gasteiger partial charge in [0.05, 0.1) is 21.3 Å². The minimum Gasteiger partial charge on any atom is -0.507 e. The van der Waals surface area contributed by atoms with E-state index in [2.05, 4.69) is 183 Å². The number of phenolic OH excluding ortho intramolecular Hbond substituents is 1. The average Bonchev–Trinajstić information content (AvgIpc) is 3.56. The van der Waals surface area contributed by atoms with E-state index in [-0.39, 0.29) is 32.8 Å². The van der Waals surface area contributed by atoms with Crippen LogP contribution in [0.25, 0.3) is 65.1 Å². The standard InChI is InChI=1S/C54H62N2OS/c1-50(2,3)35-19-20-45(57)44(27-35)49-56-48-42(29-39(54(13,14)15)31-46(48)58-49)33-18-16-17-32(23-33)41-28-38(53(10,11)12)30-43-40(21-22-55-47(41)43)34-24-36(51(4,5)6)26-37(25-34)52(7,8)9/h16-31,57H,1-15H3. The van der Waals surface area contributed by atoms with E-state index in [1.54, 1.807) is 11.3 Å². The number of aromatic nitrogens is 2. The summed E-state index contributed by atoms with van der Waals surface area (Å²) in [5, 5.41) is 13.1. The molecule has 0 aliphatic rings. The number of benzene rings is 5. The third kappa shape index (κ3) is 8.10. The molecular weight excluding hydrogens is 725 g/mol. The van der Waals surface area contributed by atoms with Crippen molar-refractivity contribution < 1.29 is 5.11 Å². The average molecular weight is 787 g/mol. The Morgan fingerprint density at radius 1 is 0.431 bits per heavy atom. The molecule has 0 amide bonds. The van der Waals surface area contributed by atoms with Crippen molar-refractivity contribution in [2.75, 3.05) is 0 Å². The quantitative estimate of drug-likeness (QED) is 0.193. The number of phenols is 1. The largest absolute Gasteiger partial charge is 0.507 e. The van der Waals surface area contributed by atoms with E-state index >= 15 is 0 Å². The van der Waals surface area contributed by atoms with Crippen molar-refractivity contribution in [3.63, 3.8) is 0 Å². The summed E-state index contributed by atoms with van der Waals surface area (Å²) in [7, 11) is 0. The molecule has 0 spiro atoms. The Morgan fingerprint density at radius 3 is 1.48 bits per heavy atom. The van der Waals surface area contributed by atoms with Crippen molar-refractivity contribution in [2.45, 2.75) is 131 Å². The van der Waals surface area contributed by atoms with Gasteiger partial charge in [-0.1, -0.05) is 146 Å². The highest BCUT2D eigenvalue weighted by Gasteiger charge is 2.26. The van der Waals surface area contributed by atoms with Gasteiger partial charge in [-0.3, -0.25) is 4.98 Å². The Morgan fingerprint density at radius 2 is 0.931 bits per heavy atom. The number of hydrogen-bond donors (Lipinski definition) is 1. The predicted octanol–water partition coefficient (Wildman–Crippen LogP) is 15.7. The smallest absolute Gasteiger partial charge is 0.128 e. The first-order valence-corrected chi connectivity index (χ1v) is 21.6. The number of nitrogens with zero attached hydrogens (tertiary/aromatic N) is 2. The maximum absolute atomic E-state index is 11.1. The van der Waals surface area contributed by atoms with Crippen LogP contribution in [0.1, 0.15) is 132 Å². The van der Waals surface area contributed by atoms with Crippen LogP contribution in [0.5, 0.6) is 5.75 Å². The van der Waals surface area contributed by atoms with Crippen LogP contribution in [0.3, 0.4) is 0 Å². The fraction of sp³-hybridized carbons (Fsp3) is 0.370. The highest BCUT2D eigenvalue weighted by molar-refractivity contribution is 7.21. The van der Waals surface area contributed by atoms with Gasteiger partial charge in [-0.05, 0) is 126 Å². The lowest BCUT2D eigenvalue weighted by Gasteiger charge is -2.27. The summed E-state index contributed by atoms with van der Waals surface area (Å²) >= 11 is 1.65. The molecule has 0 bridgehead atoms. The number of thiazole rings is 1. The number of aromatic hydroxyl groups is 1. The predicted molar refractivity (Wildman–Crippen MR) is 252 cm³/mol. The molecule has 1 N–H and O–H groups in total. The fourth-order valence-corrected chi connectivity index (χ4v) is 8.69. The lowest BCUT2D eigenvalue weighted by atomic mass is 9.78. The van der Waals surface area contributed by atoms with Gasteiger partial charge in [-0.15, -0.1) is 11.3 Å². The van der Waals surface area contributed by atoms with Crippen LogP contribution in [0.15, 0.2) is 97.2 Å². The Labute approximate surface area is 351 Å². The van der Waals surface area contributed by atoms with Gasteiger partial charge >= 0.3 is 0 Å². The third-order valence-corrected chi connectivity index (χ3v) is 12.7. The zero-order valence-electron chi connectivity index (χ0n) is 37.5. The Bertz CT molecular complexity index is 2660. The molecule has 2 heterocycles. The van der Waals surface area contributed by atoms with Gasteiger partial charge in [0.2, 0.25) is 0 Å². The molecule has 0 unspecified atom stereocenters. The van der Waals surface area contributed by atoms with E-state index in [1.807, 2.05) is 18.3 Å². The summed E-state index contributed by atoms with van der Waals surface area (Å²) in [5.41, 5.74) is 15.8. The molecule has 3 nitrogen and oxygen atoms in total. The van der Waals surface area contributed by atoms with E-state index in [0.717, 1.165) is 48.6 Å². The lowest BCUT2D eigenvalue weighted by molar-refractivity contribution is 0.476. The number of fused-ring (bicyclic) bond motifs is 2. The van der Waals surface area contributed by atoms with Crippen molar-refractivity contribution in [3.8, 4) is 49.7 Å². The second kappa shape index (κ2) is 14.2. The molecule has 0 atom stereocenters. The molecule has 58 heavy (non-hydrogen) atoms. The first-order valence-electron chi connectivity index (χ1n) is 20.8. The highest BCUT2D eigenvalue weighted by Crippen LogP contribution is 2.45. The molecule has 7 aromatic rings. The maximum Gasteiger partial charge on any atom is 0.128 e.